The fraction of sp³-hybridized carbons (Fsp3) is 0.241. The summed E-state index contributed by atoms with van der Waals surface area (Å²) < 4.78 is 11.5. The van der Waals surface area contributed by atoms with Crippen molar-refractivity contribution in [1.82, 2.24) is 5.32 Å². The first-order valence-corrected chi connectivity index (χ1v) is 11.2. The van der Waals surface area contributed by atoms with Gasteiger partial charge in [-0.3, -0.25) is 5.32 Å². The lowest BCUT2D eigenvalue weighted by molar-refractivity contribution is -0.125. The lowest BCUT2D eigenvalue weighted by Gasteiger charge is -2.32. The van der Waals surface area contributed by atoms with E-state index < -0.39 is 6.29 Å². The molecule has 0 saturated carbocycles. The first kappa shape index (κ1) is 23.0. The number of nitrogens with one attached hydrogen (secondary N) is 1. The number of aryl methyl sites for hydroxylation is 2. The second kappa shape index (κ2) is 10.2. The number of benzene rings is 4. The van der Waals surface area contributed by atoms with E-state index in [4.69, 9.17) is 9.47 Å². The largest absolute Gasteiger partial charge is 0.508 e. The molecule has 0 spiro atoms. The second-order valence-electron chi connectivity index (χ2n) is 8.39. The predicted octanol–water partition coefficient (Wildman–Crippen LogP) is 6.20. The Kier molecular flexibility index (Phi) is 7.09. The summed E-state index contributed by atoms with van der Waals surface area (Å²) >= 11 is 0. The van der Waals surface area contributed by atoms with Crippen LogP contribution in [0, 0.1) is 13.8 Å². The number of hydrogen-bond donors (Lipinski definition) is 2. The summed E-state index contributed by atoms with van der Waals surface area (Å²) in [5.41, 5.74) is 5.38. The number of phenols is 1. The van der Waals surface area contributed by atoms with Gasteiger partial charge in [-0.25, -0.2) is 0 Å². The maximum Gasteiger partial charge on any atom is 0.176 e. The van der Waals surface area contributed by atoms with Gasteiger partial charge in [0, 0.05) is 19.8 Å². The number of ether oxygens (including phenoxy) is 2. The van der Waals surface area contributed by atoms with Crippen molar-refractivity contribution < 1.29 is 14.6 Å². The SMILES string of the molecule is COC(OC)C(NC(c1ccccc1)c1c(O)ccc2ccccc12)c1ccc(C)c(C)c1. The fourth-order valence-corrected chi connectivity index (χ4v) is 4.42. The van der Waals surface area contributed by atoms with Crippen LogP contribution in [-0.2, 0) is 9.47 Å². The molecule has 0 heterocycles. The van der Waals surface area contributed by atoms with Crippen LogP contribution in [0.5, 0.6) is 5.75 Å². The molecule has 4 aromatic rings. The van der Waals surface area contributed by atoms with E-state index in [1.54, 1.807) is 20.3 Å². The van der Waals surface area contributed by atoms with Crippen molar-refractivity contribution in [3.05, 3.63) is 113 Å². The van der Waals surface area contributed by atoms with Crippen molar-refractivity contribution in [3.8, 4) is 5.75 Å². The van der Waals surface area contributed by atoms with Gasteiger partial charge in [0.25, 0.3) is 0 Å². The Morgan fingerprint density at radius 1 is 0.727 bits per heavy atom. The van der Waals surface area contributed by atoms with Crippen molar-refractivity contribution in [1.29, 1.82) is 0 Å². The summed E-state index contributed by atoms with van der Waals surface area (Å²) in [6, 6.07) is 27.8. The van der Waals surface area contributed by atoms with Gasteiger partial charge in [0.15, 0.2) is 6.29 Å². The molecule has 2 N–H and O–H groups in total. The van der Waals surface area contributed by atoms with Crippen LogP contribution in [0.1, 0.15) is 39.9 Å². The molecule has 170 valence electrons. The molecule has 0 fully saturated rings. The summed E-state index contributed by atoms with van der Waals surface area (Å²) in [6.07, 6.45) is -0.518. The van der Waals surface area contributed by atoms with Crippen LogP contribution in [0.15, 0.2) is 84.9 Å². The van der Waals surface area contributed by atoms with E-state index >= 15 is 0 Å². The Balaban J connectivity index is 1.89. The van der Waals surface area contributed by atoms with Crippen LogP contribution in [-0.4, -0.2) is 25.6 Å². The quantitative estimate of drug-likeness (QED) is 0.320. The molecule has 4 aromatic carbocycles. The highest BCUT2D eigenvalue weighted by atomic mass is 16.7. The van der Waals surface area contributed by atoms with Crippen LogP contribution in [0.3, 0.4) is 0 Å². The molecule has 0 bridgehead atoms. The number of phenolic OH excluding ortho intramolecular Hbond substituents is 1. The Morgan fingerprint density at radius 2 is 1.42 bits per heavy atom. The minimum Gasteiger partial charge on any atom is -0.508 e. The van der Waals surface area contributed by atoms with Crippen LogP contribution < -0.4 is 5.32 Å². The lowest BCUT2D eigenvalue weighted by Crippen LogP contribution is -2.37. The van der Waals surface area contributed by atoms with E-state index in [0.717, 1.165) is 27.5 Å². The van der Waals surface area contributed by atoms with E-state index in [-0.39, 0.29) is 17.8 Å². The zero-order chi connectivity index (χ0) is 23.4. The van der Waals surface area contributed by atoms with Crippen molar-refractivity contribution in [2.24, 2.45) is 0 Å². The number of methoxy groups -OCH3 is 2. The minimum absolute atomic E-state index is 0.250. The van der Waals surface area contributed by atoms with Crippen LogP contribution in [0.2, 0.25) is 0 Å². The van der Waals surface area contributed by atoms with E-state index in [2.05, 4.69) is 61.6 Å². The number of fused-ring (bicyclic) bond motifs is 1. The number of aromatic hydroxyl groups is 1. The monoisotopic (exact) mass is 441 g/mol. The third-order valence-corrected chi connectivity index (χ3v) is 6.34. The van der Waals surface area contributed by atoms with Gasteiger partial charge in [0.05, 0.1) is 12.1 Å². The summed E-state index contributed by atoms with van der Waals surface area (Å²) in [5.74, 6) is 0.250. The average molecular weight is 442 g/mol. The molecule has 4 heteroatoms. The van der Waals surface area contributed by atoms with Crippen molar-refractivity contribution in [3.63, 3.8) is 0 Å². The van der Waals surface area contributed by atoms with Gasteiger partial charge >= 0.3 is 0 Å². The zero-order valence-corrected chi connectivity index (χ0v) is 19.6. The molecule has 2 atom stereocenters. The smallest absolute Gasteiger partial charge is 0.176 e. The number of rotatable bonds is 8. The Hall–Kier alpha value is -3.18. The summed E-state index contributed by atoms with van der Waals surface area (Å²) in [4.78, 5) is 0. The van der Waals surface area contributed by atoms with Gasteiger partial charge in [-0.1, -0.05) is 78.9 Å². The average Bonchev–Trinajstić information content (AvgIpc) is 2.85. The maximum absolute atomic E-state index is 11.1. The van der Waals surface area contributed by atoms with Gasteiger partial charge in [0.2, 0.25) is 0 Å². The molecule has 0 aromatic heterocycles. The number of hydrogen-bond acceptors (Lipinski definition) is 4. The first-order chi connectivity index (χ1) is 16.0. The molecule has 0 saturated heterocycles. The molecule has 0 amide bonds. The standard InChI is InChI=1S/C29H31NO3/c1-19-14-15-23(18-20(19)2)28(29(32-3)33-4)30-27(22-11-6-5-7-12-22)26-24-13-9-8-10-21(24)16-17-25(26)31/h5-18,27-31H,1-4H3. The lowest BCUT2D eigenvalue weighted by atomic mass is 9.91. The van der Waals surface area contributed by atoms with Crippen LogP contribution in [0.4, 0.5) is 0 Å². The fourth-order valence-electron chi connectivity index (χ4n) is 4.42. The van der Waals surface area contributed by atoms with Crippen molar-refractivity contribution >= 4 is 10.8 Å². The maximum atomic E-state index is 11.1. The molecular weight excluding hydrogens is 410 g/mol. The summed E-state index contributed by atoms with van der Waals surface area (Å²) in [6.45, 7) is 4.21. The Morgan fingerprint density at radius 3 is 2.12 bits per heavy atom. The topological polar surface area (TPSA) is 50.7 Å². The highest BCUT2D eigenvalue weighted by Gasteiger charge is 2.29. The van der Waals surface area contributed by atoms with E-state index in [1.807, 2.05) is 36.4 Å². The molecule has 0 aliphatic carbocycles. The first-order valence-electron chi connectivity index (χ1n) is 11.2. The highest BCUT2D eigenvalue weighted by molar-refractivity contribution is 5.88. The highest BCUT2D eigenvalue weighted by Crippen LogP contribution is 2.38. The van der Waals surface area contributed by atoms with Crippen molar-refractivity contribution in [2.45, 2.75) is 32.2 Å². The van der Waals surface area contributed by atoms with Gasteiger partial charge in [0.1, 0.15) is 5.75 Å². The van der Waals surface area contributed by atoms with Crippen LogP contribution in [0.25, 0.3) is 10.8 Å². The van der Waals surface area contributed by atoms with E-state index in [9.17, 15) is 5.11 Å². The predicted molar refractivity (Wildman–Crippen MR) is 133 cm³/mol. The van der Waals surface area contributed by atoms with Gasteiger partial charge in [-0.15, -0.1) is 0 Å². The summed E-state index contributed by atoms with van der Waals surface area (Å²) in [7, 11) is 3.30. The summed E-state index contributed by atoms with van der Waals surface area (Å²) in [5, 5.41) is 16.9. The molecule has 4 nitrogen and oxygen atoms in total. The molecule has 0 radical (unpaired) electrons. The van der Waals surface area contributed by atoms with Crippen molar-refractivity contribution in [2.75, 3.05) is 14.2 Å². The van der Waals surface area contributed by atoms with Gasteiger partial charge in [-0.2, -0.15) is 0 Å². The van der Waals surface area contributed by atoms with Crippen LogP contribution >= 0.6 is 0 Å². The van der Waals surface area contributed by atoms with E-state index in [1.165, 1.54) is 11.1 Å². The molecule has 0 aliphatic rings. The normalized spacial score (nSPS) is 13.4. The molecular formula is C29H31NO3. The van der Waals surface area contributed by atoms with Gasteiger partial charge < -0.3 is 14.6 Å². The Bertz CT molecular complexity index is 1220. The Labute approximate surface area is 195 Å². The molecule has 4 rings (SSSR count). The molecule has 0 aliphatic heterocycles. The minimum atomic E-state index is -0.518. The molecule has 2 unspecified atom stereocenters. The van der Waals surface area contributed by atoms with E-state index in [0.29, 0.717) is 0 Å². The second-order valence-corrected chi connectivity index (χ2v) is 8.39. The molecule has 33 heavy (non-hydrogen) atoms. The third-order valence-electron chi connectivity index (χ3n) is 6.34. The third kappa shape index (κ3) is 4.79. The van der Waals surface area contributed by atoms with Gasteiger partial charge in [-0.05, 0) is 52.9 Å². The zero-order valence-electron chi connectivity index (χ0n) is 19.6.